The third-order valence-corrected chi connectivity index (χ3v) is 5.66. The molecule has 0 unspecified atom stereocenters. The van der Waals surface area contributed by atoms with Gasteiger partial charge in [0.2, 0.25) is 5.91 Å². The molecule has 3 aromatic rings. The fraction of sp³-hybridized carbons (Fsp3) is 0.143. The van der Waals surface area contributed by atoms with Crippen LogP contribution in [0.15, 0.2) is 47.8 Å². The van der Waals surface area contributed by atoms with Crippen molar-refractivity contribution >= 4 is 68.7 Å². The van der Waals surface area contributed by atoms with Crippen LogP contribution in [0, 0.1) is 0 Å². The van der Waals surface area contributed by atoms with Gasteiger partial charge in [-0.2, -0.15) is 0 Å². The van der Waals surface area contributed by atoms with Crippen molar-refractivity contribution in [3.63, 3.8) is 0 Å². The summed E-state index contributed by atoms with van der Waals surface area (Å²) in [5.41, 5.74) is 2.17. The van der Waals surface area contributed by atoms with E-state index in [0.29, 0.717) is 36.9 Å². The Morgan fingerprint density at radius 1 is 1.03 bits per heavy atom. The van der Waals surface area contributed by atoms with E-state index in [1.54, 1.807) is 42.6 Å². The Bertz CT molecular complexity index is 1060. The fourth-order valence-corrected chi connectivity index (χ4v) is 4.47. The maximum Gasteiger partial charge on any atom is 0.341 e. The number of thiophene rings is 1. The molecule has 1 amide bonds. The van der Waals surface area contributed by atoms with Crippen LogP contribution in [0.2, 0.25) is 15.1 Å². The van der Waals surface area contributed by atoms with Crippen LogP contribution in [0.5, 0.6) is 0 Å². The van der Waals surface area contributed by atoms with E-state index >= 15 is 0 Å². The standard InChI is InChI=1S/C21H17Cl3N2O3S/c1-2-29-21(28)19-16(15-5-3-4-6-17(15)24)11-30-20(19)26-18(27)10-25-14-8-12(22)7-13(23)9-14/h3-9,11,25H,2,10H2,1H3,(H,26,27). The average Bonchev–Trinajstić information content (AvgIpc) is 3.09. The molecule has 156 valence electrons. The van der Waals surface area contributed by atoms with Crippen molar-refractivity contribution in [2.45, 2.75) is 6.92 Å². The van der Waals surface area contributed by atoms with Crippen LogP contribution in [-0.2, 0) is 9.53 Å². The molecule has 9 heteroatoms. The molecule has 30 heavy (non-hydrogen) atoms. The van der Waals surface area contributed by atoms with Crippen molar-refractivity contribution in [1.29, 1.82) is 0 Å². The summed E-state index contributed by atoms with van der Waals surface area (Å²) in [6.45, 7) is 1.89. The van der Waals surface area contributed by atoms with E-state index in [0.717, 1.165) is 0 Å². The lowest BCUT2D eigenvalue weighted by molar-refractivity contribution is -0.114. The molecule has 1 aromatic heterocycles. The minimum Gasteiger partial charge on any atom is -0.462 e. The average molecular weight is 484 g/mol. The molecule has 0 saturated carbocycles. The zero-order chi connectivity index (χ0) is 21.7. The van der Waals surface area contributed by atoms with E-state index in [2.05, 4.69) is 10.6 Å². The number of hydrogen-bond donors (Lipinski definition) is 2. The van der Waals surface area contributed by atoms with Gasteiger partial charge < -0.3 is 15.4 Å². The molecule has 5 nitrogen and oxygen atoms in total. The highest BCUT2D eigenvalue weighted by molar-refractivity contribution is 7.15. The molecule has 0 bridgehead atoms. The molecular formula is C21H17Cl3N2O3S. The fourth-order valence-electron chi connectivity index (χ4n) is 2.74. The Morgan fingerprint density at radius 3 is 2.40 bits per heavy atom. The summed E-state index contributed by atoms with van der Waals surface area (Å²) in [5.74, 6) is -0.872. The van der Waals surface area contributed by atoms with Gasteiger partial charge in [-0.15, -0.1) is 11.3 Å². The first-order valence-corrected chi connectivity index (χ1v) is 10.9. The van der Waals surface area contributed by atoms with E-state index < -0.39 is 5.97 Å². The Balaban J connectivity index is 1.82. The number of amides is 1. The van der Waals surface area contributed by atoms with Crippen LogP contribution in [0.25, 0.3) is 11.1 Å². The van der Waals surface area contributed by atoms with Gasteiger partial charge in [0.1, 0.15) is 10.6 Å². The Morgan fingerprint density at radius 2 is 1.73 bits per heavy atom. The molecule has 0 aliphatic heterocycles. The number of ether oxygens (including phenoxy) is 1. The molecule has 3 rings (SSSR count). The van der Waals surface area contributed by atoms with E-state index in [1.807, 2.05) is 12.1 Å². The quantitative estimate of drug-likeness (QED) is 0.371. The third-order valence-electron chi connectivity index (χ3n) is 4.00. The second-order valence-corrected chi connectivity index (χ2v) is 8.27. The van der Waals surface area contributed by atoms with Gasteiger partial charge in [0.25, 0.3) is 0 Å². The van der Waals surface area contributed by atoms with E-state index in [-0.39, 0.29) is 24.6 Å². The number of anilines is 2. The van der Waals surface area contributed by atoms with Gasteiger partial charge in [0.15, 0.2) is 0 Å². The Kier molecular flexibility index (Phi) is 7.61. The van der Waals surface area contributed by atoms with Crippen LogP contribution < -0.4 is 10.6 Å². The molecule has 0 aliphatic rings. The van der Waals surface area contributed by atoms with Crippen molar-refractivity contribution < 1.29 is 14.3 Å². The van der Waals surface area contributed by atoms with Crippen LogP contribution in [0.1, 0.15) is 17.3 Å². The lowest BCUT2D eigenvalue weighted by atomic mass is 10.0. The summed E-state index contributed by atoms with van der Waals surface area (Å²) in [6.07, 6.45) is 0. The highest BCUT2D eigenvalue weighted by atomic mass is 35.5. The van der Waals surface area contributed by atoms with Crippen molar-refractivity contribution in [3.05, 3.63) is 68.5 Å². The largest absolute Gasteiger partial charge is 0.462 e. The van der Waals surface area contributed by atoms with Crippen molar-refractivity contribution in [3.8, 4) is 11.1 Å². The van der Waals surface area contributed by atoms with Crippen molar-refractivity contribution in [2.75, 3.05) is 23.8 Å². The van der Waals surface area contributed by atoms with Crippen LogP contribution >= 0.6 is 46.1 Å². The molecule has 1 heterocycles. The van der Waals surface area contributed by atoms with Crippen molar-refractivity contribution in [1.82, 2.24) is 0 Å². The molecule has 0 fully saturated rings. The van der Waals surface area contributed by atoms with Gasteiger partial charge in [-0.3, -0.25) is 4.79 Å². The summed E-state index contributed by atoms with van der Waals surface area (Å²) in [7, 11) is 0. The molecule has 0 radical (unpaired) electrons. The highest BCUT2D eigenvalue weighted by Crippen LogP contribution is 2.39. The number of carbonyl (C=O) groups is 2. The SMILES string of the molecule is CCOC(=O)c1c(-c2ccccc2Cl)csc1NC(=O)CNc1cc(Cl)cc(Cl)c1. The monoisotopic (exact) mass is 482 g/mol. The summed E-state index contributed by atoms with van der Waals surface area (Å²) < 4.78 is 5.19. The summed E-state index contributed by atoms with van der Waals surface area (Å²) >= 11 is 19.5. The lowest BCUT2D eigenvalue weighted by Gasteiger charge is -2.11. The Hall–Kier alpha value is -2.25. The number of esters is 1. The number of hydrogen-bond acceptors (Lipinski definition) is 5. The number of rotatable bonds is 7. The minimum absolute atomic E-state index is 0.0434. The number of benzene rings is 2. The van der Waals surface area contributed by atoms with Gasteiger partial charge in [-0.05, 0) is 31.2 Å². The summed E-state index contributed by atoms with van der Waals surface area (Å²) in [4.78, 5) is 25.1. The number of halogens is 3. The zero-order valence-corrected chi connectivity index (χ0v) is 18.9. The molecule has 2 aromatic carbocycles. The molecule has 0 aliphatic carbocycles. The molecule has 2 N–H and O–H groups in total. The third kappa shape index (κ3) is 5.46. The lowest BCUT2D eigenvalue weighted by Crippen LogP contribution is -2.22. The molecule has 0 saturated heterocycles. The molecule has 0 spiro atoms. The Labute approximate surface area is 192 Å². The van der Waals surface area contributed by atoms with Crippen LogP contribution in [0.3, 0.4) is 0 Å². The van der Waals surface area contributed by atoms with Gasteiger partial charge >= 0.3 is 5.97 Å². The zero-order valence-electron chi connectivity index (χ0n) is 15.8. The van der Waals surface area contributed by atoms with E-state index in [1.165, 1.54) is 11.3 Å². The topological polar surface area (TPSA) is 67.4 Å². The minimum atomic E-state index is -0.529. The molecule has 0 atom stereocenters. The number of nitrogens with one attached hydrogen (secondary N) is 2. The van der Waals surface area contributed by atoms with Crippen LogP contribution in [0.4, 0.5) is 10.7 Å². The van der Waals surface area contributed by atoms with Gasteiger partial charge in [0.05, 0.1) is 13.2 Å². The second kappa shape index (κ2) is 10.2. The van der Waals surface area contributed by atoms with E-state index in [4.69, 9.17) is 39.5 Å². The smallest absolute Gasteiger partial charge is 0.341 e. The second-order valence-electron chi connectivity index (χ2n) is 6.11. The van der Waals surface area contributed by atoms with E-state index in [9.17, 15) is 9.59 Å². The first-order valence-electron chi connectivity index (χ1n) is 8.92. The van der Waals surface area contributed by atoms with Crippen LogP contribution in [-0.4, -0.2) is 25.0 Å². The summed E-state index contributed by atoms with van der Waals surface area (Å²) in [6, 6.07) is 12.1. The predicted molar refractivity (Wildman–Crippen MR) is 124 cm³/mol. The van der Waals surface area contributed by atoms with Gasteiger partial charge in [0, 0.05) is 37.3 Å². The normalized spacial score (nSPS) is 10.5. The first-order chi connectivity index (χ1) is 14.4. The van der Waals surface area contributed by atoms with Crippen molar-refractivity contribution in [2.24, 2.45) is 0 Å². The number of carbonyl (C=O) groups excluding carboxylic acids is 2. The maximum absolute atomic E-state index is 12.6. The molecular weight excluding hydrogens is 467 g/mol. The summed E-state index contributed by atoms with van der Waals surface area (Å²) in [5, 5.41) is 9.29. The highest BCUT2D eigenvalue weighted by Gasteiger charge is 2.23. The first kappa shape index (κ1) is 22.4. The van der Waals surface area contributed by atoms with Gasteiger partial charge in [-0.25, -0.2) is 4.79 Å². The predicted octanol–water partition coefficient (Wildman–Crippen LogP) is 6.60. The maximum atomic E-state index is 12.6. The van der Waals surface area contributed by atoms with Gasteiger partial charge in [-0.1, -0.05) is 53.0 Å².